The molecule has 1 aromatic heterocycles. The predicted molar refractivity (Wildman–Crippen MR) is 202 cm³/mol. The molecule has 0 saturated carbocycles. The van der Waals surface area contributed by atoms with Crippen molar-refractivity contribution in [1.82, 2.24) is 4.57 Å². The number of nitrogens with zero attached hydrogens (tertiary/aromatic N) is 1. The highest BCUT2D eigenvalue weighted by atomic mass is 32.2. The molecule has 0 spiro atoms. The van der Waals surface area contributed by atoms with E-state index in [1.165, 1.54) is 81.1 Å². The summed E-state index contributed by atoms with van der Waals surface area (Å²) in [5.41, 5.74) is 12.5. The number of benzene rings is 6. The largest absolute Gasteiger partial charge is 0.309 e. The number of rotatable bonds is 5. The fraction of sp³-hybridized carbons (Fsp3) is 0.209. The van der Waals surface area contributed by atoms with Gasteiger partial charge in [0.25, 0.3) is 0 Å². The third-order valence-electron chi connectivity index (χ3n) is 10.0. The minimum Gasteiger partial charge on any atom is -0.309 e. The zero-order valence-electron chi connectivity index (χ0n) is 27.6. The van der Waals surface area contributed by atoms with Gasteiger partial charge in [-0.1, -0.05) is 149 Å². The van der Waals surface area contributed by atoms with Crippen molar-refractivity contribution < 1.29 is 0 Å². The maximum Gasteiger partial charge on any atom is 0.244 e. The van der Waals surface area contributed by atoms with Crippen molar-refractivity contribution >= 4 is 67.4 Å². The standard InChI is InChI=1S/C43H40BNS/c1-26(2)31-22-34(27(3)4)43(35(23-31)28(5)6)44-37-16-10-12-18-41(37)46-42-25-32(19-20-38(42)44)45-39-17-11-9-15-33(39)36-21-29-13-7-8-14-30(29)24-40(36)45/h7-28H,1-6H3. The van der Waals surface area contributed by atoms with E-state index in [-0.39, 0.29) is 6.71 Å². The highest BCUT2D eigenvalue weighted by Crippen LogP contribution is 2.38. The van der Waals surface area contributed by atoms with Crippen LogP contribution in [0, 0.1) is 0 Å². The molecule has 2 heterocycles. The molecule has 1 nitrogen and oxygen atoms in total. The van der Waals surface area contributed by atoms with Crippen molar-refractivity contribution in [2.75, 3.05) is 0 Å². The average Bonchev–Trinajstić information content (AvgIpc) is 3.38. The van der Waals surface area contributed by atoms with Gasteiger partial charge >= 0.3 is 0 Å². The third-order valence-corrected chi connectivity index (χ3v) is 11.2. The van der Waals surface area contributed by atoms with E-state index in [0.717, 1.165) is 0 Å². The Hall–Kier alpha value is -4.21. The van der Waals surface area contributed by atoms with Crippen LogP contribution < -0.4 is 16.4 Å². The Morgan fingerprint density at radius 3 is 1.87 bits per heavy atom. The molecular formula is C43H40BNS. The first kappa shape index (κ1) is 29.2. The summed E-state index contributed by atoms with van der Waals surface area (Å²) in [6.45, 7) is 14.3. The minimum absolute atomic E-state index is 0.194. The summed E-state index contributed by atoms with van der Waals surface area (Å²) in [5, 5.41) is 5.15. The first-order chi connectivity index (χ1) is 22.3. The average molecular weight is 614 g/mol. The van der Waals surface area contributed by atoms with Crippen LogP contribution in [0.3, 0.4) is 0 Å². The van der Waals surface area contributed by atoms with Crippen LogP contribution >= 0.6 is 11.8 Å². The lowest BCUT2D eigenvalue weighted by Crippen LogP contribution is -2.57. The molecule has 0 radical (unpaired) electrons. The van der Waals surface area contributed by atoms with E-state index >= 15 is 0 Å². The lowest BCUT2D eigenvalue weighted by Gasteiger charge is -2.32. The molecule has 46 heavy (non-hydrogen) atoms. The van der Waals surface area contributed by atoms with Crippen LogP contribution in [0.2, 0.25) is 0 Å². The smallest absolute Gasteiger partial charge is 0.244 e. The van der Waals surface area contributed by atoms with E-state index in [1.54, 1.807) is 0 Å². The van der Waals surface area contributed by atoms with Crippen LogP contribution in [-0.4, -0.2) is 11.3 Å². The number of hydrogen-bond donors (Lipinski definition) is 0. The summed E-state index contributed by atoms with van der Waals surface area (Å²) < 4.78 is 2.48. The first-order valence-corrected chi connectivity index (χ1v) is 17.6. The predicted octanol–water partition coefficient (Wildman–Crippen LogP) is 10.3. The van der Waals surface area contributed by atoms with Crippen molar-refractivity contribution in [3.05, 3.63) is 132 Å². The van der Waals surface area contributed by atoms with Gasteiger partial charge in [0.15, 0.2) is 0 Å². The van der Waals surface area contributed by atoms with Crippen LogP contribution in [0.1, 0.15) is 76.0 Å². The molecule has 0 amide bonds. The summed E-state index contributed by atoms with van der Waals surface area (Å²) in [7, 11) is 0. The van der Waals surface area contributed by atoms with Gasteiger partial charge < -0.3 is 4.57 Å². The Balaban J connectivity index is 1.39. The molecule has 1 aliphatic heterocycles. The molecule has 3 heteroatoms. The molecule has 0 N–H and O–H groups in total. The van der Waals surface area contributed by atoms with Gasteiger partial charge in [-0.15, -0.1) is 0 Å². The molecule has 0 atom stereocenters. The zero-order valence-corrected chi connectivity index (χ0v) is 28.5. The monoisotopic (exact) mass is 613 g/mol. The van der Waals surface area contributed by atoms with E-state index in [0.29, 0.717) is 17.8 Å². The second kappa shape index (κ2) is 11.2. The maximum absolute atomic E-state index is 2.51. The summed E-state index contributed by atoms with van der Waals surface area (Å²) >= 11 is 1.93. The van der Waals surface area contributed by atoms with Crippen LogP contribution in [0.15, 0.2) is 125 Å². The number of hydrogen-bond acceptors (Lipinski definition) is 1. The molecule has 8 rings (SSSR count). The van der Waals surface area contributed by atoms with Gasteiger partial charge in [0.2, 0.25) is 6.71 Å². The van der Waals surface area contributed by atoms with Crippen molar-refractivity contribution in [3.63, 3.8) is 0 Å². The molecule has 7 aromatic rings. The van der Waals surface area contributed by atoms with Gasteiger partial charge in [-0.05, 0) is 81.6 Å². The summed E-state index contributed by atoms with van der Waals surface area (Å²) in [6, 6.07) is 43.7. The molecule has 0 saturated heterocycles. The molecule has 0 fully saturated rings. The Kier molecular flexibility index (Phi) is 7.14. The normalized spacial score (nSPS) is 13.0. The van der Waals surface area contributed by atoms with E-state index in [1.807, 2.05) is 11.8 Å². The van der Waals surface area contributed by atoms with Crippen LogP contribution in [0.25, 0.3) is 38.3 Å². The van der Waals surface area contributed by atoms with Gasteiger partial charge in [-0.3, -0.25) is 0 Å². The molecule has 226 valence electrons. The summed E-state index contributed by atoms with van der Waals surface area (Å²) in [6.07, 6.45) is 0. The minimum atomic E-state index is 0.194. The Labute approximate surface area is 277 Å². The number of aromatic nitrogens is 1. The Morgan fingerprint density at radius 2 is 1.15 bits per heavy atom. The van der Waals surface area contributed by atoms with E-state index < -0.39 is 0 Å². The second-order valence-corrected chi connectivity index (χ2v) is 15.0. The van der Waals surface area contributed by atoms with Gasteiger partial charge in [0, 0.05) is 26.3 Å². The van der Waals surface area contributed by atoms with Crippen LogP contribution in [-0.2, 0) is 0 Å². The van der Waals surface area contributed by atoms with Crippen LogP contribution in [0.4, 0.5) is 0 Å². The van der Waals surface area contributed by atoms with Crippen molar-refractivity contribution in [2.45, 2.75) is 69.1 Å². The topological polar surface area (TPSA) is 4.93 Å². The van der Waals surface area contributed by atoms with Gasteiger partial charge in [0.05, 0.1) is 11.0 Å². The highest BCUT2D eigenvalue weighted by Gasteiger charge is 2.35. The third kappa shape index (κ3) is 4.63. The summed E-state index contributed by atoms with van der Waals surface area (Å²) in [5.74, 6) is 1.36. The summed E-state index contributed by atoms with van der Waals surface area (Å²) in [4.78, 5) is 2.72. The van der Waals surface area contributed by atoms with E-state index in [4.69, 9.17) is 0 Å². The lowest BCUT2D eigenvalue weighted by atomic mass is 9.34. The highest BCUT2D eigenvalue weighted by molar-refractivity contribution is 8.00. The second-order valence-electron chi connectivity index (χ2n) is 13.9. The molecule has 0 unspecified atom stereocenters. The molecule has 6 aromatic carbocycles. The van der Waals surface area contributed by atoms with Crippen molar-refractivity contribution in [1.29, 1.82) is 0 Å². The molecule has 1 aliphatic rings. The quantitative estimate of drug-likeness (QED) is 0.175. The molecular weight excluding hydrogens is 573 g/mol. The molecule has 0 aliphatic carbocycles. The van der Waals surface area contributed by atoms with Crippen molar-refractivity contribution in [2.24, 2.45) is 0 Å². The van der Waals surface area contributed by atoms with E-state index in [9.17, 15) is 0 Å². The molecule has 0 bridgehead atoms. The number of para-hydroxylation sites is 1. The fourth-order valence-electron chi connectivity index (χ4n) is 7.68. The van der Waals surface area contributed by atoms with Gasteiger partial charge in [-0.25, -0.2) is 0 Å². The number of fused-ring (bicyclic) bond motifs is 6. The fourth-order valence-corrected chi connectivity index (χ4v) is 8.85. The van der Waals surface area contributed by atoms with Gasteiger partial charge in [-0.2, -0.15) is 0 Å². The zero-order chi connectivity index (χ0) is 31.7. The Morgan fingerprint density at radius 1 is 0.522 bits per heavy atom. The SMILES string of the molecule is CC(C)c1cc(C(C)C)c(B2c3ccccc3Sc3cc(-n4c5ccccc5c5cc6ccccc6cc54)ccc32)c(C(C)C)c1. The Bertz CT molecular complexity index is 2260. The maximum atomic E-state index is 2.51. The van der Waals surface area contributed by atoms with E-state index in [2.05, 4.69) is 161 Å². The van der Waals surface area contributed by atoms with Crippen LogP contribution in [0.5, 0.6) is 0 Å². The van der Waals surface area contributed by atoms with Gasteiger partial charge in [0.1, 0.15) is 0 Å². The first-order valence-electron chi connectivity index (χ1n) is 16.8. The lowest BCUT2D eigenvalue weighted by molar-refractivity contribution is 0.812. The van der Waals surface area contributed by atoms with Crippen molar-refractivity contribution in [3.8, 4) is 5.69 Å².